The molecule has 1 aliphatic rings. The van der Waals surface area contributed by atoms with E-state index in [1.54, 1.807) is 7.11 Å². The molecule has 3 rings (SSSR count). The molecule has 0 aromatic heterocycles. The molecule has 1 saturated heterocycles. The summed E-state index contributed by atoms with van der Waals surface area (Å²) in [6.45, 7) is 1.40. The predicted molar refractivity (Wildman–Crippen MR) is 130 cm³/mol. The lowest BCUT2D eigenvalue weighted by Crippen LogP contribution is -2.53. The normalized spacial score (nSPS) is 14.8. The number of benzene rings is 2. The van der Waals surface area contributed by atoms with Crippen molar-refractivity contribution in [2.24, 2.45) is 5.92 Å². The maximum atomic E-state index is 14.7. The fraction of sp³-hybridized carbons (Fsp3) is 0.375. The number of ether oxygens (including phenoxy) is 1. The Morgan fingerprint density at radius 2 is 2.00 bits per heavy atom. The van der Waals surface area contributed by atoms with Gasteiger partial charge in [0.15, 0.2) is 5.96 Å². The van der Waals surface area contributed by atoms with Gasteiger partial charge in [-0.25, -0.2) is 9.18 Å². The summed E-state index contributed by atoms with van der Waals surface area (Å²) >= 11 is 3.42. The summed E-state index contributed by atoms with van der Waals surface area (Å²) < 4.78 is 20.9. The molecule has 0 saturated carbocycles. The average Bonchev–Trinajstić information content (AvgIpc) is 2.82. The molecule has 1 atom stereocenters. The Morgan fingerprint density at radius 1 is 1.26 bits per heavy atom. The molecule has 182 valence electrons. The molecule has 1 unspecified atom stereocenters. The first-order chi connectivity index (χ1) is 16.3. The molecule has 1 heterocycles. The molecule has 1 aliphatic heterocycles. The van der Waals surface area contributed by atoms with Crippen LogP contribution in [-0.2, 0) is 17.6 Å². The van der Waals surface area contributed by atoms with Crippen molar-refractivity contribution in [3.8, 4) is 5.75 Å². The fourth-order valence-electron chi connectivity index (χ4n) is 4.16. The smallest absolute Gasteiger partial charge is 0.326 e. The molecule has 5 N–H and O–H groups in total. The number of nitrogens with one attached hydrogen (secondary N) is 4. The lowest BCUT2D eigenvalue weighted by molar-refractivity contribution is -0.140. The van der Waals surface area contributed by atoms with Crippen LogP contribution in [-0.4, -0.2) is 49.2 Å². The minimum Gasteiger partial charge on any atom is -0.496 e. The van der Waals surface area contributed by atoms with Crippen LogP contribution in [0.15, 0.2) is 40.9 Å². The van der Waals surface area contributed by atoms with Gasteiger partial charge >= 0.3 is 5.97 Å². The van der Waals surface area contributed by atoms with Crippen molar-refractivity contribution in [1.29, 1.82) is 5.41 Å². The third kappa shape index (κ3) is 6.54. The highest BCUT2D eigenvalue weighted by atomic mass is 79.9. The van der Waals surface area contributed by atoms with E-state index >= 15 is 0 Å². The van der Waals surface area contributed by atoms with Crippen molar-refractivity contribution in [2.75, 3.05) is 20.2 Å². The third-order valence-corrected chi connectivity index (χ3v) is 6.40. The summed E-state index contributed by atoms with van der Waals surface area (Å²) in [6.07, 6.45) is 1.96. The van der Waals surface area contributed by atoms with Gasteiger partial charge in [-0.1, -0.05) is 22.0 Å². The molecule has 34 heavy (non-hydrogen) atoms. The van der Waals surface area contributed by atoms with Gasteiger partial charge in [0.2, 0.25) is 0 Å². The van der Waals surface area contributed by atoms with Crippen LogP contribution >= 0.6 is 15.9 Å². The highest BCUT2D eigenvalue weighted by Crippen LogP contribution is 2.26. The van der Waals surface area contributed by atoms with Gasteiger partial charge in [0.25, 0.3) is 5.91 Å². The van der Waals surface area contributed by atoms with Gasteiger partial charge in [0.1, 0.15) is 17.6 Å². The number of aryl methyl sites for hydroxylation is 1. The van der Waals surface area contributed by atoms with Gasteiger partial charge in [0, 0.05) is 15.6 Å². The van der Waals surface area contributed by atoms with Crippen LogP contribution in [0.3, 0.4) is 0 Å². The number of carboxylic acid groups (broad SMARTS) is 1. The Balaban J connectivity index is 1.71. The number of halogens is 2. The number of piperidine rings is 1. The van der Waals surface area contributed by atoms with Crippen LogP contribution in [0.1, 0.15) is 34.3 Å². The van der Waals surface area contributed by atoms with Crippen molar-refractivity contribution >= 4 is 33.8 Å². The number of hydrogen-bond donors (Lipinski definition) is 5. The molecule has 0 spiro atoms. The zero-order chi connectivity index (χ0) is 24.7. The maximum Gasteiger partial charge on any atom is 0.326 e. The Morgan fingerprint density at radius 3 is 2.68 bits per heavy atom. The van der Waals surface area contributed by atoms with E-state index in [2.05, 4.69) is 31.9 Å². The summed E-state index contributed by atoms with van der Waals surface area (Å²) in [4.78, 5) is 24.6. The number of carbonyl (C=O) groups is 2. The van der Waals surface area contributed by atoms with Crippen molar-refractivity contribution in [3.63, 3.8) is 0 Å². The van der Waals surface area contributed by atoms with E-state index in [9.17, 15) is 19.1 Å². The molecular weight excluding hydrogens is 507 g/mol. The quantitative estimate of drug-likeness (QED) is 0.262. The van der Waals surface area contributed by atoms with Gasteiger partial charge in [-0.15, -0.1) is 0 Å². The van der Waals surface area contributed by atoms with E-state index in [0.29, 0.717) is 38.1 Å². The first-order valence-corrected chi connectivity index (χ1v) is 11.8. The zero-order valence-electron chi connectivity index (χ0n) is 18.8. The highest BCUT2D eigenvalue weighted by Gasteiger charge is 2.30. The Hall–Kier alpha value is -2.98. The lowest BCUT2D eigenvalue weighted by Gasteiger charge is -2.29. The van der Waals surface area contributed by atoms with E-state index < -0.39 is 29.7 Å². The second-order valence-electron chi connectivity index (χ2n) is 8.10. The zero-order valence-corrected chi connectivity index (χ0v) is 20.4. The number of guanidine groups is 1. The van der Waals surface area contributed by atoms with Crippen molar-refractivity contribution in [3.05, 3.63) is 63.4 Å². The Kier molecular flexibility index (Phi) is 9.00. The molecule has 10 heteroatoms. The van der Waals surface area contributed by atoms with E-state index in [0.717, 1.165) is 10.0 Å². The molecule has 0 radical (unpaired) electrons. The highest BCUT2D eigenvalue weighted by molar-refractivity contribution is 9.10. The topological polar surface area (TPSA) is 124 Å². The lowest BCUT2D eigenvalue weighted by atomic mass is 9.90. The van der Waals surface area contributed by atoms with E-state index in [-0.39, 0.29) is 23.5 Å². The fourth-order valence-corrected chi connectivity index (χ4v) is 4.57. The summed E-state index contributed by atoms with van der Waals surface area (Å²) in [7, 11) is 1.56. The molecule has 1 amide bonds. The largest absolute Gasteiger partial charge is 0.496 e. The number of aliphatic carboxylic acids is 1. The van der Waals surface area contributed by atoms with Crippen LogP contribution in [0, 0.1) is 17.1 Å². The number of rotatable bonds is 8. The molecule has 0 aliphatic carbocycles. The molecule has 2 aromatic carbocycles. The van der Waals surface area contributed by atoms with Gasteiger partial charge in [0.05, 0.1) is 7.11 Å². The van der Waals surface area contributed by atoms with E-state index in [4.69, 9.17) is 10.1 Å². The standard InChI is InChI=1S/C24H28BrFN4O4/c1-34-20-8-6-16(25)13-15(20)5-7-17-18(3-2-4-19(17)26)22(31)30-24(27)29-21(23(32)33)14-9-11-28-12-10-14/h2-4,6,8,13-14,21,28H,5,7,9-12H2,1H3,(H,32,33)(H3,27,29,30,31). The number of carbonyl (C=O) groups excluding carboxylic acids is 1. The van der Waals surface area contributed by atoms with Crippen LogP contribution in [0.4, 0.5) is 4.39 Å². The molecule has 8 nitrogen and oxygen atoms in total. The molecular formula is C24H28BrFN4O4. The van der Waals surface area contributed by atoms with Crippen LogP contribution < -0.4 is 20.7 Å². The van der Waals surface area contributed by atoms with Gasteiger partial charge in [-0.3, -0.25) is 15.5 Å². The Bertz CT molecular complexity index is 1060. The third-order valence-electron chi connectivity index (χ3n) is 5.91. The first-order valence-electron chi connectivity index (χ1n) is 11.0. The molecule has 1 fully saturated rings. The SMILES string of the molecule is COc1ccc(Br)cc1CCc1c(F)cccc1C(=O)NC(=N)NC(C(=O)O)C1CCNCC1. The summed E-state index contributed by atoms with van der Waals surface area (Å²) in [5.41, 5.74) is 1.16. The summed E-state index contributed by atoms with van der Waals surface area (Å²) in [6, 6.07) is 8.74. The van der Waals surface area contributed by atoms with Crippen molar-refractivity contribution < 1.29 is 23.8 Å². The number of amides is 1. The molecule has 0 bridgehead atoms. The number of hydrogen-bond acceptors (Lipinski definition) is 5. The van der Waals surface area contributed by atoms with Gasteiger partial charge in [-0.2, -0.15) is 0 Å². The van der Waals surface area contributed by atoms with E-state index in [1.807, 2.05) is 18.2 Å². The van der Waals surface area contributed by atoms with E-state index in [1.165, 1.54) is 18.2 Å². The number of carboxylic acids is 1. The first kappa shape index (κ1) is 25.6. The summed E-state index contributed by atoms with van der Waals surface area (Å²) in [5, 5.41) is 25.9. The van der Waals surface area contributed by atoms with Crippen molar-refractivity contribution in [2.45, 2.75) is 31.7 Å². The monoisotopic (exact) mass is 534 g/mol. The van der Waals surface area contributed by atoms with Crippen LogP contribution in [0.2, 0.25) is 0 Å². The van der Waals surface area contributed by atoms with Crippen LogP contribution in [0.5, 0.6) is 5.75 Å². The van der Waals surface area contributed by atoms with Crippen molar-refractivity contribution in [1.82, 2.24) is 16.0 Å². The summed E-state index contributed by atoms with van der Waals surface area (Å²) in [5.74, 6) is -2.22. The number of methoxy groups -OCH3 is 1. The minimum absolute atomic E-state index is 0.0919. The second kappa shape index (κ2) is 11.9. The second-order valence-corrected chi connectivity index (χ2v) is 9.01. The minimum atomic E-state index is -1.08. The van der Waals surface area contributed by atoms with Gasteiger partial charge < -0.3 is 20.5 Å². The Labute approximate surface area is 205 Å². The van der Waals surface area contributed by atoms with Crippen LogP contribution in [0.25, 0.3) is 0 Å². The maximum absolute atomic E-state index is 14.7. The predicted octanol–water partition coefficient (Wildman–Crippen LogP) is 3.09. The molecule has 2 aromatic rings. The average molecular weight is 535 g/mol. The van der Waals surface area contributed by atoms with Gasteiger partial charge in [-0.05, 0) is 80.6 Å².